The third kappa shape index (κ3) is 2.94. The number of likely N-dealkylation sites (N-methyl/N-ethyl adjacent to an activating group) is 1. The molecule has 84 valence electrons. The molecule has 0 unspecified atom stereocenters. The first-order valence-electron chi connectivity index (χ1n) is 5.43. The number of hydrogen-bond donors (Lipinski definition) is 1. The summed E-state index contributed by atoms with van der Waals surface area (Å²) in [5.41, 5.74) is 6.96. The van der Waals surface area contributed by atoms with Crippen molar-refractivity contribution < 1.29 is 0 Å². The summed E-state index contributed by atoms with van der Waals surface area (Å²) in [5, 5.41) is 0.805. The molecule has 0 amide bonds. The molecular weight excluding hydrogens is 208 g/mol. The first-order valence-corrected chi connectivity index (χ1v) is 5.80. The summed E-state index contributed by atoms with van der Waals surface area (Å²) in [4.78, 5) is 2.32. The lowest BCUT2D eigenvalue weighted by Gasteiger charge is -2.29. The van der Waals surface area contributed by atoms with Gasteiger partial charge in [-0.25, -0.2) is 0 Å². The molecule has 1 aromatic carbocycles. The second-order valence-corrected chi connectivity index (χ2v) is 3.90. The highest BCUT2D eigenvalue weighted by Crippen LogP contribution is 2.26. The third-order valence-electron chi connectivity index (χ3n) is 2.74. The molecule has 0 fully saturated rings. The van der Waals surface area contributed by atoms with Crippen LogP contribution in [0.25, 0.3) is 0 Å². The Labute approximate surface area is 97.0 Å². The van der Waals surface area contributed by atoms with E-state index in [0.717, 1.165) is 23.7 Å². The molecule has 3 heteroatoms. The molecule has 15 heavy (non-hydrogen) atoms. The van der Waals surface area contributed by atoms with Crippen molar-refractivity contribution >= 4 is 11.6 Å². The van der Waals surface area contributed by atoms with Crippen LogP contribution >= 0.6 is 11.6 Å². The predicted octanol–water partition coefficient (Wildman–Crippen LogP) is 2.68. The molecule has 0 bridgehead atoms. The first kappa shape index (κ1) is 12.5. The lowest BCUT2D eigenvalue weighted by atomic mass is 10.1. The van der Waals surface area contributed by atoms with E-state index in [4.69, 9.17) is 17.3 Å². The summed E-state index contributed by atoms with van der Waals surface area (Å²) in [7, 11) is 0. The van der Waals surface area contributed by atoms with Crippen LogP contribution < -0.4 is 5.73 Å². The molecule has 0 radical (unpaired) electrons. The van der Waals surface area contributed by atoms with Crippen LogP contribution in [0.4, 0.5) is 0 Å². The zero-order valence-electron chi connectivity index (χ0n) is 9.41. The molecular formula is C12H19ClN2. The Balaban J connectivity index is 2.96. The minimum atomic E-state index is 0.230. The van der Waals surface area contributed by atoms with Crippen LogP contribution in [-0.2, 0) is 0 Å². The van der Waals surface area contributed by atoms with Crippen molar-refractivity contribution in [3.8, 4) is 0 Å². The van der Waals surface area contributed by atoms with Gasteiger partial charge in [-0.2, -0.15) is 0 Å². The minimum absolute atomic E-state index is 0.230. The summed E-state index contributed by atoms with van der Waals surface area (Å²) in [5.74, 6) is 0. The first-order chi connectivity index (χ1) is 7.24. The summed E-state index contributed by atoms with van der Waals surface area (Å²) < 4.78 is 0. The van der Waals surface area contributed by atoms with E-state index < -0.39 is 0 Å². The van der Waals surface area contributed by atoms with Crippen molar-refractivity contribution in [1.29, 1.82) is 0 Å². The molecule has 1 atom stereocenters. The maximum Gasteiger partial charge on any atom is 0.0484 e. The second-order valence-electron chi connectivity index (χ2n) is 3.49. The fourth-order valence-electron chi connectivity index (χ4n) is 1.88. The molecule has 0 spiro atoms. The fraction of sp³-hybridized carbons (Fsp3) is 0.500. The standard InChI is InChI=1S/C12H19ClN2/c1-3-15(4-2)12(9-14)10-7-5-6-8-11(10)13/h5-8,12H,3-4,9,14H2,1-2H3/t12-/m1/s1. The molecule has 0 aromatic heterocycles. The Morgan fingerprint density at radius 2 is 1.87 bits per heavy atom. The number of nitrogens with zero attached hydrogens (tertiary/aromatic N) is 1. The van der Waals surface area contributed by atoms with Gasteiger partial charge in [0.2, 0.25) is 0 Å². The van der Waals surface area contributed by atoms with Gasteiger partial charge in [-0.15, -0.1) is 0 Å². The highest BCUT2D eigenvalue weighted by Gasteiger charge is 2.17. The molecule has 2 N–H and O–H groups in total. The van der Waals surface area contributed by atoms with E-state index in [1.807, 2.05) is 18.2 Å². The van der Waals surface area contributed by atoms with Gasteiger partial charge >= 0.3 is 0 Å². The van der Waals surface area contributed by atoms with Crippen molar-refractivity contribution in [2.24, 2.45) is 5.73 Å². The third-order valence-corrected chi connectivity index (χ3v) is 3.08. The summed E-state index contributed by atoms with van der Waals surface area (Å²) >= 11 is 6.17. The Bertz CT molecular complexity index is 297. The predicted molar refractivity (Wildman–Crippen MR) is 66.2 cm³/mol. The zero-order valence-corrected chi connectivity index (χ0v) is 10.2. The molecule has 1 rings (SSSR count). The zero-order chi connectivity index (χ0) is 11.3. The maximum absolute atomic E-state index is 6.17. The molecule has 1 aromatic rings. The number of halogens is 1. The molecule has 0 aliphatic carbocycles. The van der Waals surface area contributed by atoms with Gasteiger partial charge < -0.3 is 5.73 Å². The van der Waals surface area contributed by atoms with Crippen LogP contribution in [0, 0.1) is 0 Å². The number of rotatable bonds is 5. The van der Waals surface area contributed by atoms with Crippen molar-refractivity contribution in [2.45, 2.75) is 19.9 Å². The topological polar surface area (TPSA) is 29.3 Å². The smallest absolute Gasteiger partial charge is 0.0484 e. The lowest BCUT2D eigenvalue weighted by molar-refractivity contribution is 0.224. The van der Waals surface area contributed by atoms with E-state index in [9.17, 15) is 0 Å². The highest BCUT2D eigenvalue weighted by molar-refractivity contribution is 6.31. The van der Waals surface area contributed by atoms with Crippen molar-refractivity contribution in [1.82, 2.24) is 4.90 Å². The second kappa shape index (κ2) is 6.11. The Morgan fingerprint density at radius 3 is 2.33 bits per heavy atom. The van der Waals surface area contributed by atoms with Gasteiger partial charge in [-0.3, -0.25) is 4.90 Å². The molecule has 0 aliphatic rings. The SMILES string of the molecule is CCN(CC)[C@H](CN)c1ccccc1Cl. The Morgan fingerprint density at radius 1 is 1.27 bits per heavy atom. The summed E-state index contributed by atoms with van der Waals surface area (Å²) in [6, 6.07) is 8.16. The van der Waals surface area contributed by atoms with Crippen molar-refractivity contribution in [3.05, 3.63) is 34.9 Å². The van der Waals surface area contributed by atoms with Gasteiger partial charge in [0.15, 0.2) is 0 Å². The van der Waals surface area contributed by atoms with E-state index in [1.165, 1.54) is 0 Å². The van der Waals surface area contributed by atoms with Crippen molar-refractivity contribution in [2.75, 3.05) is 19.6 Å². The van der Waals surface area contributed by atoms with Gasteiger partial charge in [0.1, 0.15) is 0 Å². The average molecular weight is 227 g/mol. The summed E-state index contributed by atoms with van der Waals surface area (Å²) in [6.45, 7) is 6.87. The van der Waals surface area contributed by atoms with Crippen LogP contribution in [0.1, 0.15) is 25.5 Å². The molecule has 0 saturated heterocycles. The Hall–Kier alpha value is -0.570. The van der Waals surface area contributed by atoms with Crippen LogP contribution in [-0.4, -0.2) is 24.5 Å². The van der Waals surface area contributed by atoms with Gasteiger partial charge in [-0.05, 0) is 24.7 Å². The monoisotopic (exact) mass is 226 g/mol. The molecule has 2 nitrogen and oxygen atoms in total. The summed E-state index contributed by atoms with van der Waals surface area (Å²) in [6.07, 6.45) is 0. The van der Waals surface area contributed by atoms with Crippen LogP contribution in [0.2, 0.25) is 5.02 Å². The molecule has 0 aliphatic heterocycles. The fourth-order valence-corrected chi connectivity index (χ4v) is 2.14. The minimum Gasteiger partial charge on any atom is -0.329 e. The number of benzene rings is 1. The average Bonchev–Trinajstić information content (AvgIpc) is 2.27. The van der Waals surface area contributed by atoms with Gasteiger partial charge in [0.25, 0.3) is 0 Å². The van der Waals surface area contributed by atoms with Gasteiger partial charge in [0.05, 0.1) is 0 Å². The van der Waals surface area contributed by atoms with Crippen LogP contribution in [0.15, 0.2) is 24.3 Å². The maximum atomic E-state index is 6.17. The van der Waals surface area contributed by atoms with E-state index in [0.29, 0.717) is 6.54 Å². The van der Waals surface area contributed by atoms with Crippen LogP contribution in [0.3, 0.4) is 0 Å². The van der Waals surface area contributed by atoms with E-state index in [1.54, 1.807) is 0 Å². The van der Waals surface area contributed by atoms with E-state index >= 15 is 0 Å². The highest BCUT2D eigenvalue weighted by atomic mass is 35.5. The van der Waals surface area contributed by atoms with Gasteiger partial charge in [-0.1, -0.05) is 43.6 Å². The van der Waals surface area contributed by atoms with E-state index in [-0.39, 0.29) is 6.04 Å². The molecule has 0 heterocycles. The van der Waals surface area contributed by atoms with Gasteiger partial charge in [0, 0.05) is 17.6 Å². The normalized spacial score (nSPS) is 13.1. The number of nitrogens with two attached hydrogens (primary N) is 1. The van der Waals surface area contributed by atoms with E-state index in [2.05, 4.69) is 24.8 Å². The molecule has 0 saturated carbocycles. The van der Waals surface area contributed by atoms with Crippen molar-refractivity contribution in [3.63, 3.8) is 0 Å². The Kier molecular flexibility index (Phi) is 5.09. The quantitative estimate of drug-likeness (QED) is 0.837. The largest absolute Gasteiger partial charge is 0.329 e. The lowest BCUT2D eigenvalue weighted by Crippen LogP contribution is -2.33. The van der Waals surface area contributed by atoms with Crippen LogP contribution in [0.5, 0.6) is 0 Å². The number of hydrogen-bond acceptors (Lipinski definition) is 2.